The number of rotatable bonds is 4. The van der Waals surface area contributed by atoms with Gasteiger partial charge in [-0.25, -0.2) is 0 Å². The van der Waals surface area contributed by atoms with Crippen molar-refractivity contribution in [2.45, 2.75) is 25.7 Å². The van der Waals surface area contributed by atoms with E-state index in [-0.39, 0.29) is 18.4 Å². The van der Waals surface area contributed by atoms with Crippen LogP contribution in [0.25, 0.3) is 0 Å². The number of hydrogen-bond donors (Lipinski definition) is 0. The lowest BCUT2D eigenvalue weighted by atomic mass is 10.00. The number of fused-ring (bicyclic) bond motifs is 2. The highest BCUT2D eigenvalue weighted by atomic mass is 16.7. The van der Waals surface area contributed by atoms with Crippen LogP contribution in [0.4, 0.5) is 11.4 Å². The summed E-state index contributed by atoms with van der Waals surface area (Å²) >= 11 is 0. The standard InChI is InChI=1S/C19H18N2O5/c22-19(8-4-13-3-7-17-18(10-13)26-12-25-17)20-9-1-2-14-5-6-15(21(23)24)11-16(14)20/h3,5-7,10-11H,1-2,4,8-9,12H2. The molecule has 2 aromatic rings. The van der Waals surface area contributed by atoms with E-state index in [1.54, 1.807) is 11.0 Å². The molecule has 4 rings (SSSR count). The van der Waals surface area contributed by atoms with Crippen LogP contribution in [0, 0.1) is 10.1 Å². The summed E-state index contributed by atoms with van der Waals surface area (Å²) in [6, 6.07) is 10.4. The summed E-state index contributed by atoms with van der Waals surface area (Å²) in [4.78, 5) is 25.0. The number of nitro benzene ring substituents is 1. The second kappa shape index (κ2) is 6.67. The van der Waals surface area contributed by atoms with E-state index in [2.05, 4.69) is 0 Å². The number of ether oxygens (including phenoxy) is 2. The predicted molar refractivity (Wildman–Crippen MR) is 94.7 cm³/mol. The van der Waals surface area contributed by atoms with E-state index in [1.807, 2.05) is 18.2 Å². The molecule has 1 amide bonds. The summed E-state index contributed by atoms with van der Waals surface area (Å²) in [5, 5.41) is 11.0. The summed E-state index contributed by atoms with van der Waals surface area (Å²) in [5.74, 6) is 1.40. The Morgan fingerprint density at radius 1 is 1.15 bits per heavy atom. The number of hydrogen-bond acceptors (Lipinski definition) is 5. The van der Waals surface area contributed by atoms with Gasteiger partial charge in [-0.3, -0.25) is 14.9 Å². The molecular weight excluding hydrogens is 336 g/mol. The third-order valence-corrected chi connectivity index (χ3v) is 4.76. The molecule has 2 aliphatic rings. The van der Waals surface area contributed by atoms with Gasteiger partial charge in [0.25, 0.3) is 5.69 Å². The van der Waals surface area contributed by atoms with Gasteiger partial charge in [0, 0.05) is 25.1 Å². The van der Waals surface area contributed by atoms with Crippen LogP contribution in [0.5, 0.6) is 11.5 Å². The van der Waals surface area contributed by atoms with Gasteiger partial charge in [0.2, 0.25) is 12.7 Å². The van der Waals surface area contributed by atoms with Gasteiger partial charge in [0.05, 0.1) is 10.6 Å². The summed E-state index contributed by atoms with van der Waals surface area (Å²) in [6.45, 7) is 0.815. The first-order valence-electron chi connectivity index (χ1n) is 8.58. The van der Waals surface area contributed by atoms with Crippen molar-refractivity contribution < 1.29 is 19.2 Å². The van der Waals surface area contributed by atoms with E-state index in [9.17, 15) is 14.9 Å². The molecule has 0 aliphatic carbocycles. The fourth-order valence-corrected chi connectivity index (χ4v) is 3.42. The molecule has 0 N–H and O–H groups in total. The molecule has 134 valence electrons. The maximum absolute atomic E-state index is 12.7. The Morgan fingerprint density at radius 2 is 2.00 bits per heavy atom. The van der Waals surface area contributed by atoms with Gasteiger partial charge in [-0.1, -0.05) is 12.1 Å². The normalized spacial score (nSPS) is 14.8. The fraction of sp³-hybridized carbons (Fsp3) is 0.316. The summed E-state index contributed by atoms with van der Waals surface area (Å²) in [7, 11) is 0. The molecule has 0 fully saturated rings. The molecule has 2 aliphatic heterocycles. The van der Waals surface area contributed by atoms with E-state index in [4.69, 9.17) is 9.47 Å². The number of anilines is 1. The van der Waals surface area contributed by atoms with Crippen molar-refractivity contribution in [3.8, 4) is 11.5 Å². The second-order valence-electron chi connectivity index (χ2n) is 6.41. The van der Waals surface area contributed by atoms with Crippen LogP contribution in [0.2, 0.25) is 0 Å². The third kappa shape index (κ3) is 3.08. The Morgan fingerprint density at radius 3 is 2.85 bits per heavy atom. The molecule has 7 heteroatoms. The topological polar surface area (TPSA) is 81.9 Å². The first kappa shape index (κ1) is 16.4. The van der Waals surface area contributed by atoms with Gasteiger partial charge < -0.3 is 14.4 Å². The number of amides is 1. The second-order valence-corrected chi connectivity index (χ2v) is 6.41. The van der Waals surface area contributed by atoms with Gasteiger partial charge in [-0.15, -0.1) is 0 Å². The minimum Gasteiger partial charge on any atom is -0.454 e. The number of carbonyl (C=O) groups excluding carboxylic acids is 1. The molecule has 7 nitrogen and oxygen atoms in total. The average molecular weight is 354 g/mol. The maximum atomic E-state index is 12.7. The van der Waals surface area contributed by atoms with Crippen molar-refractivity contribution in [3.63, 3.8) is 0 Å². The zero-order chi connectivity index (χ0) is 18.1. The highest BCUT2D eigenvalue weighted by Gasteiger charge is 2.24. The van der Waals surface area contributed by atoms with Crippen molar-refractivity contribution in [2.75, 3.05) is 18.2 Å². The van der Waals surface area contributed by atoms with Crippen molar-refractivity contribution in [3.05, 3.63) is 57.6 Å². The monoisotopic (exact) mass is 354 g/mol. The summed E-state index contributed by atoms with van der Waals surface area (Å²) in [5.41, 5.74) is 2.66. The molecule has 0 atom stereocenters. The van der Waals surface area contributed by atoms with Crippen LogP contribution >= 0.6 is 0 Å². The van der Waals surface area contributed by atoms with Crippen molar-refractivity contribution in [1.29, 1.82) is 0 Å². The van der Waals surface area contributed by atoms with E-state index in [0.29, 0.717) is 30.8 Å². The fourth-order valence-electron chi connectivity index (χ4n) is 3.42. The van der Waals surface area contributed by atoms with Crippen molar-refractivity contribution >= 4 is 17.3 Å². The lowest BCUT2D eigenvalue weighted by Gasteiger charge is -2.29. The van der Waals surface area contributed by atoms with E-state index < -0.39 is 4.92 Å². The molecule has 0 unspecified atom stereocenters. The Bertz CT molecular complexity index is 880. The van der Waals surface area contributed by atoms with Crippen LogP contribution in [-0.2, 0) is 17.6 Å². The lowest BCUT2D eigenvalue weighted by Crippen LogP contribution is -2.35. The minimum atomic E-state index is -0.426. The Labute approximate surface area is 150 Å². The molecule has 2 heterocycles. The van der Waals surface area contributed by atoms with E-state index >= 15 is 0 Å². The molecular formula is C19H18N2O5. The molecule has 0 radical (unpaired) electrons. The largest absolute Gasteiger partial charge is 0.454 e. The molecule has 0 saturated heterocycles. The minimum absolute atomic E-state index is 0.0132. The van der Waals surface area contributed by atoms with Crippen molar-refractivity contribution in [1.82, 2.24) is 0 Å². The number of carbonyl (C=O) groups is 1. The van der Waals surface area contributed by atoms with E-state index in [0.717, 1.165) is 29.7 Å². The number of nitrogens with zero attached hydrogens (tertiary/aromatic N) is 2. The van der Waals surface area contributed by atoms with Crippen LogP contribution < -0.4 is 14.4 Å². The van der Waals surface area contributed by atoms with Gasteiger partial charge in [0.1, 0.15) is 0 Å². The SMILES string of the molecule is O=C(CCc1ccc2c(c1)OCO2)N1CCCc2ccc([N+](=O)[O-])cc21. The Kier molecular flexibility index (Phi) is 4.20. The Balaban J connectivity index is 1.49. The number of nitro groups is 1. The molecule has 2 aromatic carbocycles. The van der Waals surface area contributed by atoms with Crippen molar-refractivity contribution in [2.24, 2.45) is 0 Å². The zero-order valence-corrected chi connectivity index (χ0v) is 14.1. The lowest BCUT2D eigenvalue weighted by molar-refractivity contribution is -0.384. The first-order valence-corrected chi connectivity index (χ1v) is 8.58. The van der Waals surface area contributed by atoms with Crippen LogP contribution in [0.1, 0.15) is 24.0 Å². The zero-order valence-electron chi connectivity index (χ0n) is 14.1. The molecule has 0 aromatic heterocycles. The smallest absolute Gasteiger partial charge is 0.271 e. The maximum Gasteiger partial charge on any atom is 0.271 e. The highest BCUT2D eigenvalue weighted by Crippen LogP contribution is 2.34. The average Bonchev–Trinajstić information content (AvgIpc) is 3.13. The highest BCUT2D eigenvalue weighted by molar-refractivity contribution is 5.95. The molecule has 0 saturated carbocycles. The predicted octanol–water partition coefficient (Wildman–Crippen LogP) is 3.24. The molecule has 0 bridgehead atoms. The van der Waals surface area contributed by atoms with Gasteiger partial charge >= 0.3 is 0 Å². The third-order valence-electron chi connectivity index (χ3n) is 4.76. The van der Waals surface area contributed by atoms with Crippen LogP contribution in [0.15, 0.2) is 36.4 Å². The molecule has 26 heavy (non-hydrogen) atoms. The molecule has 0 spiro atoms. The Hall–Kier alpha value is -3.09. The van der Waals surface area contributed by atoms with Gasteiger partial charge in [-0.2, -0.15) is 0 Å². The number of aryl methyl sites for hydroxylation is 2. The van der Waals surface area contributed by atoms with Crippen LogP contribution in [-0.4, -0.2) is 24.2 Å². The van der Waals surface area contributed by atoms with Gasteiger partial charge in [0.15, 0.2) is 11.5 Å². The number of non-ortho nitro benzene ring substituents is 1. The quantitative estimate of drug-likeness (QED) is 0.622. The van der Waals surface area contributed by atoms with Crippen LogP contribution in [0.3, 0.4) is 0 Å². The number of benzene rings is 2. The van der Waals surface area contributed by atoms with E-state index in [1.165, 1.54) is 12.1 Å². The first-order chi connectivity index (χ1) is 12.6. The van der Waals surface area contributed by atoms with Gasteiger partial charge in [-0.05, 0) is 42.5 Å². The summed E-state index contributed by atoms with van der Waals surface area (Å²) < 4.78 is 10.7. The summed E-state index contributed by atoms with van der Waals surface area (Å²) in [6.07, 6.45) is 2.61.